The van der Waals surface area contributed by atoms with E-state index in [1.807, 2.05) is 0 Å². The van der Waals surface area contributed by atoms with Gasteiger partial charge in [0.05, 0.1) is 0 Å². The van der Waals surface area contributed by atoms with Crippen molar-refractivity contribution < 1.29 is 0 Å². The van der Waals surface area contributed by atoms with Gasteiger partial charge in [0.15, 0.2) is 0 Å². The molecule has 2 heterocycles. The van der Waals surface area contributed by atoms with Crippen molar-refractivity contribution in [2.45, 2.75) is 39.4 Å². The summed E-state index contributed by atoms with van der Waals surface area (Å²) < 4.78 is 2.24. The average Bonchev–Trinajstić information content (AvgIpc) is 2.51. The lowest BCUT2D eigenvalue weighted by Gasteiger charge is -2.31. The van der Waals surface area contributed by atoms with Crippen molar-refractivity contribution in [1.29, 1.82) is 0 Å². The summed E-state index contributed by atoms with van der Waals surface area (Å²) in [5.41, 5.74) is 3.27. The molecule has 0 unspecified atom stereocenters. The molecule has 0 saturated heterocycles. The number of hydrogen-bond acceptors (Lipinski definition) is 1. The fourth-order valence-corrected chi connectivity index (χ4v) is 1.89. The first kappa shape index (κ1) is 8.82. The van der Waals surface area contributed by atoms with Crippen molar-refractivity contribution in [2.75, 3.05) is 0 Å². The predicted octanol–water partition coefficient (Wildman–Crippen LogP) is 2.14. The summed E-state index contributed by atoms with van der Waals surface area (Å²) in [7, 11) is 2.13. The van der Waals surface area contributed by atoms with Crippen LogP contribution in [0.5, 0.6) is 0 Å². The molecule has 2 rings (SSSR count). The van der Waals surface area contributed by atoms with Gasteiger partial charge in [-0.25, -0.2) is 0 Å². The van der Waals surface area contributed by atoms with E-state index in [2.05, 4.69) is 49.5 Å². The lowest BCUT2D eigenvalue weighted by atomic mass is 10.1. The molecule has 13 heavy (non-hydrogen) atoms. The van der Waals surface area contributed by atoms with Gasteiger partial charge in [0, 0.05) is 37.6 Å². The summed E-state index contributed by atoms with van der Waals surface area (Å²) in [6.45, 7) is 9.04. The van der Waals surface area contributed by atoms with Crippen LogP contribution in [0.3, 0.4) is 0 Å². The Morgan fingerprint density at radius 2 is 1.92 bits per heavy atom. The summed E-state index contributed by atoms with van der Waals surface area (Å²) in [6, 6.07) is 2.24. The second-order valence-corrected chi connectivity index (χ2v) is 4.93. The Hall–Kier alpha value is -0.760. The molecule has 0 radical (unpaired) electrons. The van der Waals surface area contributed by atoms with E-state index in [4.69, 9.17) is 0 Å². The highest BCUT2D eigenvalue weighted by Gasteiger charge is 2.29. The van der Waals surface area contributed by atoms with Crippen molar-refractivity contribution in [1.82, 2.24) is 9.47 Å². The minimum absolute atomic E-state index is 0.291. The SMILES string of the molecule is Cn1ccc2c1CN(C(C)(C)C)C2. The van der Waals surface area contributed by atoms with Crippen LogP contribution in [-0.2, 0) is 20.1 Å². The number of rotatable bonds is 0. The summed E-state index contributed by atoms with van der Waals surface area (Å²) in [4.78, 5) is 2.51. The number of aromatic nitrogens is 1. The van der Waals surface area contributed by atoms with Crippen LogP contribution in [0, 0.1) is 0 Å². The molecule has 0 spiro atoms. The van der Waals surface area contributed by atoms with Crippen molar-refractivity contribution >= 4 is 0 Å². The molecular weight excluding hydrogens is 160 g/mol. The van der Waals surface area contributed by atoms with E-state index in [0.717, 1.165) is 13.1 Å². The van der Waals surface area contributed by atoms with Crippen molar-refractivity contribution in [3.8, 4) is 0 Å². The summed E-state index contributed by atoms with van der Waals surface area (Å²) >= 11 is 0. The zero-order valence-electron chi connectivity index (χ0n) is 8.96. The Morgan fingerprint density at radius 1 is 1.23 bits per heavy atom. The van der Waals surface area contributed by atoms with Gasteiger partial charge in [0.25, 0.3) is 0 Å². The monoisotopic (exact) mass is 178 g/mol. The molecule has 0 aliphatic carbocycles. The van der Waals surface area contributed by atoms with Crippen LogP contribution in [0.15, 0.2) is 12.3 Å². The van der Waals surface area contributed by atoms with Crippen LogP contribution < -0.4 is 0 Å². The Balaban J connectivity index is 2.24. The fourth-order valence-electron chi connectivity index (χ4n) is 1.89. The van der Waals surface area contributed by atoms with Crippen LogP contribution in [-0.4, -0.2) is 15.0 Å². The van der Waals surface area contributed by atoms with Crippen molar-refractivity contribution in [3.05, 3.63) is 23.5 Å². The molecule has 2 heteroatoms. The molecule has 0 atom stereocenters. The minimum Gasteiger partial charge on any atom is -0.353 e. The third-order valence-corrected chi connectivity index (χ3v) is 2.95. The fraction of sp³-hybridized carbons (Fsp3) is 0.636. The van der Waals surface area contributed by atoms with Gasteiger partial charge < -0.3 is 4.57 Å². The lowest BCUT2D eigenvalue weighted by molar-refractivity contribution is 0.134. The number of nitrogens with zero attached hydrogens (tertiary/aromatic N) is 2. The molecule has 0 saturated carbocycles. The van der Waals surface area contributed by atoms with Crippen LogP contribution >= 0.6 is 0 Å². The van der Waals surface area contributed by atoms with E-state index >= 15 is 0 Å². The van der Waals surface area contributed by atoms with E-state index in [1.165, 1.54) is 11.3 Å². The Kier molecular flexibility index (Phi) is 1.77. The number of fused-ring (bicyclic) bond motifs is 1. The molecule has 0 aromatic carbocycles. The normalized spacial score (nSPS) is 17.8. The van der Waals surface area contributed by atoms with Gasteiger partial charge in [-0.15, -0.1) is 0 Å². The van der Waals surface area contributed by atoms with Crippen LogP contribution in [0.25, 0.3) is 0 Å². The van der Waals surface area contributed by atoms with E-state index in [9.17, 15) is 0 Å². The summed E-state index contributed by atoms with van der Waals surface area (Å²) in [5, 5.41) is 0. The zero-order chi connectivity index (χ0) is 9.64. The van der Waals surface area contributed by atoms with Gasteiger partial charge in [0.1, 0.15) is 0 Å². The van der Waals surface area contributed by atoms with Gasteiger partial charge in [-0.2, -0.15) is 0 Å². The topological polar surface area (TPSA) is 8.17 Å². The van der Waals surface area contributed by atoms with Crippen LogP contribution in [0.4, 0.5) is 0 Å². The maximum atomic E-state index is 2.51. The third-order valence-electron chi connectivity index (χ3n) is 2.95. The summed E-state index contributed by atoms with van der Waals surface area (Å²) in [5.74, 6) is 0. The highest BCUT2D eigenvalue weighted by Crippen LogP contribution is 2.28. The van der Waals surface area contributed by atoms with Crippen LogP contribution in [0.1, 0.15) is 32.0 Å². The van der Waals surface area contributed by atoms with Crippen molar-refractivity contribution in [3.63, 3.8) is 0 Å². The molecule has 1 aliphatic heterocycles. The van der Waals surface area contributed by atoms with Crippen LogP contribution in [0.2, 0.25) is 0 Å². The quantitative estimate of drug-likeness (QED) is 0.591. The maximum absolute atomic E-state index is 2.51. The minimum atomic E-state index is 0.291. The van der Waals surface area contributed by atoms with Crippen molar-refractivity contribution in [2.24, 2.45) is 7.05 Å². The van der Waals surface area contributed by atoms with E-state index in [1.54, 1.807) is 0 Å². The van der Waals surface area contributed by atoms with Gasteiger partial charge in [0.2, 0.25) is 0 Å². The Morgan fingerprint density at radius 3 is 2.46 bits per heavy atom. The first-order valence-corrected chi connectivity index (χ1v) is 4.86. The third kappa shape index (κ3) is 1.39. The van der Waals surface area contributed by atoms with E-state index in [-0.39, 0.29) is 0 Å². The molecule has 0 bridgehead atoms. The maximum Gasteiger partial charge on any atom is 0.0399 e. The number of hydrogen-bond donors (Lipinski definition) is 0. The lowest BCUT2D eigenvalue weighted by Crippen LogP contribution is -2.37. The highest BCUT2D eigenvalue weighted by molar-refractivity contribution is 5.26. The zero-order valence-corrected chi connectivity index (χ0v) is 8.96. The molecule has 2 nitrogen and oxygen atoms in total. The Labute approximate surface area is 80.2 Å². The van der Waals surface area contributed by atoms with Gasteiger partial charge in [-0.1, -0.05) is 0 Å². The summed E-state index contributed by atoms with van der Waals surface area (Å²) in [6.07, 6.45) is 2.16. The van der Waals surface area contributed by atoms with E-state index < -0.39 is 0 Å². The molecule has 0 N–H and O–H groups in total. The Bertz CT molecular complexity index is 317. The molecule has 72 valence electrons. The number of aryl methyl sites for hydroxylation is 1. The molecule has 1 aromatic heterocycles. The van der Waals surface area contributed by atoms with E-state index in [0.29, 0.717) is 5.54 Å². The second-order valence-electron chi connectivity index (χ2n) is 4.93. The second kappa shape index (κ2) is 2.61. The standard InChI is InChI=1S/C11H18N2/c1-11(2,3)13-7-9-5-6-12(4)10(9)8-13/h5-6H,7-8H2,1-4H3. The molecule has 0 fully saturated rings. The van der Waals surface area contributed by atoms with Gasteiger partial charge in [-0.05, 0) is 32.4 Å². The smallest absolute Gasteiger partial charge is 0.0399 e. The van der Waals surface area contributed by atoms with Gasteiger partial charge >= 0.3 is 0 Å². The highest BCUT2D eigenvalue weighted by atomic mass is 15.2. The molecular formula is C11H18N2. The van der Waals surface area contributed by atoms with Gasteiger partial charge in [-0.3, -0.25) is 4.90 Å². The molecule has 0 amide bonds. The predicted molar refractivity (Wildman–Crippen MR) is 54.4 cm³/mol. The molecule has 1 aliphatic rings. The average molecular weight is 178 g/mol. The molecule has 1 aromatic rings. The first-order valence-electron chi connectivity index (χ1n) is 4.86. The largest absolute Gasteiger partial charge is 0.353 e. The first-order chi connectivity index (χ1) is 5.98.